The van der Waals surface area contributed by atoms with Crippen molar-refractivity contribution in [1.82, 2.24) is 9.97 Å². The third kappa shape index (κ3) is 3.84. The van der Waals surface area contributed by atoms with Crippen LogP contribution < -0.4 is 20.9 Å². The van der Waals surface area contributed by atoms with Crippen molar-refractivity contribution in [3.8, 4) is 28.8 Å². The first-order valence-corrected chi connectivity index (χ1v) is 7.60. The highest BCUT2D eigenvalue weighted by Crippen LogP contribution is 2.34. The molecule has 2 rings (SSSR count). The number of hydrogen-bond donors (Lipinski definition) is 2. The van der Waals surface area contributed by atoms with Crippen LogP contribution >= 0.6 is 0 Å². The van der Waals surface area contributed by atoms with Crippen LogP contribution in [0.1, 0.15) is 25.8 Å². The minimum absolute atomic E-state index is 0.0118. The fourth-order valence-electron chi connectivity index (χ4n) is 2.15. The number of benzene rings is 1. The number of nitrogen functional groups attached to an aromatic ring is 2. The summed E-state index contributed by atoms with van der Waals surface area (Å²) in [5.41, 5.74) is 12.6. The van der Waals surface area contributed by atoms with Crippen molar-refractivity contribution in [2.24, 2.45) is 5.92 Å². The molecule has 1 heterocycles. The van der Waals surface area contributed by atoms with Crippen molar-refractivity contribution in [3.05, 3.63) is 23.8 Å². The number of hydrogen-bond acceptors (Lipinski definition) is 7. The monoisotopic (exact) mass is 327 g/mol. The lowest BCUT2D eigenvalue weighted by molar-refractivity contribution is 0.273. The van der Waals surface area contributed by atoms with Gasteiger partial charge in [0.25, 0.3) is 0 Å². The van der Waals surface area contributed by atoms with Crippen LogP contribution in [0.5, 0.6) is 11.5 Å². The number of rotatable bonds is 6. The predicted octanol–water partition coefficient (Wildman–Crippen LogP) is 2.61. The van der Waals surface area contributed by atoms with Crippen LogP contribution in [0.15, 0.2) is 18.2 Å². The van der Waals surface area contributed by atoms with E-state index in [1.165, 1.54) is 0 Å². The second-order valence-electron chi connectivity index (χ2n) is 5.70. The molecule has 0 unspecified atom stereocenters. The second kappa shape index (κ2) is 7.51. The summed E-state index contributed by atoms with van der Waals surface area (Å²) in [5, 5.41) is 9.29. The molecule has 0 atom stereocenters. The summed E-state index contributed by atoms with van der Waals surface area (Å²) in [4.78, 5) is 7.95. The molecule has 0 aliphatic heterocycles. The van der Waals surface area contributed by atoms with Crippen molar-refractivity contribution in [3.63, 3.8) is 0 Å². The normalized spacial score (nSPS) is 10.5. The van der Waals surface area contributed by atoms with Crippen molar-refractivity contribution in [1.29, 1.82) is 5.26 Å². The zero-order valence-corrected chi connectivity index (χ0v) is 14.0. The van der Waals surface area contributed by atoms with Gasteiger partial charge in [-0.2, -0.15) is 10.2 Å². The van der Waals surface area contributed by atoms with Crippen LogP contribution in [-0.2, 0) is 0 Å². The van der Waals surface area contributed by atoms with E-state index in [4.69, 9.17) is 20.9 Å². The Morgan fingerprint density at radius 2 is 1.96 bits per heavy atom. The molecular formula is C17H21N5O2. The minimum Gasteiger partial charge on any atom is -0.493 e. The fraction of sp³-hybridized carbons (Fsp3) is 0.353. The van der Waals surface area contributed by atoms with Crippen molar-refractivity contribution in [2.45, 2.75) is 20.3 Å². The van der Waals surface area contributed by atoms with E-state index in [9.17, 15) is 5.26 Å². The molecule has 0 bridgehead atoms. The molecule has 4 N–H and O–H groups in total. The first-order valence-electron chi connectivity index (χ1n) is 7.60. The van der Waals surface area contributed by atoms with E-state index in [0.29, 0.717) is 35.3 Å². The molecule has 126 valence electrons. The lowest BCUT2D eigenvalue weighted by atomic mass is 10.1. The van der Waals surface area contributed by atoms with Crippen LogP contribution in [-0.4, -0.2) is 23.7 Å². The number of nitrogens with zero attached hydrogens (tertiary/aromatic N) is 3. The van der Waals surface area contributed by atoms with E-state index in [1.807, 2.05) is 6.07 Å². The molecule has 0 amide bonds. The summed E-state index contributed by atoms with van der Waals surface area (Å²) in [5.74, 6) is 1.81. The molecule has 0 aliphatic carbocycles. The number of ether oxygens (including phenoxy) is 2. The first kappa shape index (κ1) is 17.3. The Bertz CT molecular complexity index is 768. The molecule has 24 heavy (non-hydrogen) atoms. The highest BCUT2D eigenvalue weighted by atomic mass is 16.5. The van der Waals surface area contributed by atoms with Gasteiger partial charge < -0.3 is 20.9 Å². The summed E-state index contributed by atoms with van der Waals surface area (Å²) < 4.78 is 11.1. The number of anilines is 2. The summed E-state index contributed by atoms with van der Waals surface area (Å²) >= 11 is 0. The highest BCUT2D eigenvalue weighted by Gasteiger charge is 2.15. The predicted molar refractivity (Wildman–Crippen MR) is 92.5 cm³/mol. The zero-order valence-electron chi connectivity index (χ0n) is 14.0. The van der Waals surface area contributed by atoms with Gasteiger partial charge in [0.1, 0.15) is 17.5 Å². The fourth-order valence-corrected chi connectivity index (χ4v) is 2.15. The van der Waals surface area contributed by atoms with Gasteiger partial charge in [0.2, 0.25) is 5.95 Å². The minimum atomic E-state index is 0.0118. The second-order valence-corrected chi connectivity index (χ2v) is 5.70. The summed E-state index contributed by atoms with van der Waals surface area (Å²) in [6.45, 7) is 4.87. The van der Waals surface area contributed by atoms with Gasteiger partial charge in [-0.3, -0.25) is 0 Å². The van der Waals surface area contributed by atoms with Crippen molar-refractivity contribution >= 4 is 11.8 Å². The molecule has 0 saturated heterocycles. The Balaban J connectivity index is 2.38. The van der Waals surface area contributed by atoms with E-state index in [2.05, 4.69) is 23.8 Å². The standard InChI is InChI=1S/C17H21N5O2/c1-10(2)6-7-24-13-5-4-11(8-14(13)23-3)15-12(9-18)16(19)22-17(20)21-15/h4-5,8,10H,6-7H2,1-3H3,(H4,19,20,21,22). The van der Waals surface area contributed by atoms with Gasteiger partial charge in [0.05, 0.1) is 19.4 Å². The third-order valence-corrected chi connectivity index (χ3v) is 3.46. The molecular weight excluding hydrogens is 306 g/mol. The number of methoxy groups -OCH3 is 1. The summed E-state index contributed by atoms with van der Waals surface area (Å²) in [7, 11) is 1.56. The van der Waals surface area contributed by atoms with Crippen LogP contribution in [0.3, 0.4) is 0 Å². The molecule has 1 aromatic carbocycles. The third-order valence-electron chi connectivity index (χ3n) is 3.46. The highest BCUT2D eigenvalue weighted by molar-refractivity contribution is 5.74. The lowest BCUT2D eigenvalue weighted by Gasteiger charge is -2.13. The Morgan fingerprint density at radius 3 is 2.58 bits per heavy atom. The molecule has 7 nitrogen and oxygen atoms in total. The van der Waals surface area contributed by atoms with E-state index < -0.39 is 0 Å². The number of nitrogens with two attached hydrogens (primary N) is 2. The van der Waals surface area contributed by atoms with Gasteiger partial charge in [0, 0.05) is 5.56 Å². The maximum absolute atomic E-state index is 9.29. The van der Waals surface area contributed by atoms with Gasteiger partial charge in [-0.05, 0) is 30.5 Å². The number of nitriles is 1. The van der Waals surface area contributed by atoms with Gasteiger partial charge in [-0.15, -0.1) is 0 Å². The molecule has 0 saturated carbocycles. The van der Waals surface area contributed by atoms with Crippen molar-refractivity contribution < 1.29 is 9.47 Å². The summed E-state index contributed by atoms with van der Waals surface area (Å²) in [6.07, 6.45) is 0.947. The van der Waals surface area contributed by atoms with E-state index in [-0.39, 0.29) is 17.3 Å². The largest absolute Gasteiger partial charge is 0.493 e. The molecule has 2 aromatic rings. The Hall–Kier alpha value is -3.01. The van der Waals surface area contributed by atoms with E-state index in [1.54, 1.807) is 25.3 Å². The smallest absolute Gasteiger partial charge is 0.222 e. The van der Waals surface area contributed by atoms with Gasteiger partial charge >= 0.3 is 0 Å². The molecule has 1 aromatic heterocycles. The lowest BCUT2D eigenvalue weighted by Crippen LogP contribution is -2.05. The quantitative estimate of drug-likeness (QED) is 0.836. The number of aromatic nitrogens is 2. The molecule has 0 aliphatic rings. The molecule has 0 radical (unpaired) electrons. The zero-order chi connectivity index (χ0) is 17.7. The average Bonchev–Trinajstić information content (AvgIpc) is 2.54. The first-order chi connectivity index (χ1) is 11.5. The molecule has 7 heteroatoms. The Morgan fingerprint density at radius 1 is 1.21 bits per heavy atom. The Labute approximate surface area is 141 Å². The van der Waals surface area contributed by atoms with Gasteiger partial charge in [-0.25, -0.2) is 4.98 Å². The average molecular weight is 327 g/mol. The van der Waals surface area contributed by atoms with Crippen LogP contribution in [0.4, 0.5) is 11.8 Å². The maximum atomic E-state index is 9.29. The van der Waals surface area contributed by atoms with Gasteiger partial charge in [0.15, 0.2) is 11.5 Å². The van der Waals surface area contributed by atoms with Crippen LogP contribution in [0.2, 0.25) is 0 Å². The maximum Gasteiger partial charge on any atom is 0.222 e. The van der Waals surface area contributed by atoms with Crippen molar-refractivity contribution in [2.75, 3.05) is 25.2 Å². The van der Waals surface area contributed by atoms with E-state index in [0.717, 1.165) is 6.42 Å². The van der Waals surface area contributed by atoms with Gasteiger partial charge in [-0.1, -0.05) is 13.8 Å². The SMILES string of the molecule is COc1cc(-c2nc(N)nc(N)c2C#N)ccc1OCCC(C)C. The molecule has 0 spiro atoms. The summed E-state index contributed by atoms with van der Waals surface area (Å²) in [6, 6.07) is 7.32. The van der Waals surface area contributed by atoms with Crippen LogP contribution in [0, 0.1) is 17.2 Å². The molecule has 0 fully saturated rings. The Kier molecular flexibility index (Phi) is 5.42. The topological polar surface area (TPSA) is 120 Å². The van der Waals surface area contributed by atoms with E-state index >= 15 is 0 Å². The van der Waals surface area contributed by atoms with Crippen LogP contribution in [0.25, 0.3) is 11.3 Å².